The van der Waals surface area contributed by atoms with E-state index in [1.165, 1.54) is 24.3 Å². The van der Waals surface area contributed by atoms with Crippen LogP contribution in [0, 0.1) is 5.82 Å². The summed E-state index contributed by atoms with van der Waals surface area (Å²) in [7, 11) is -3.43. The number of sulfonamides is 1. The van der Waals surface area contributed by atoms with Crippen LogP contribution < -0.4 is 9.46 Å². The summed E-state index contributed by atoms with van der Waals surface area (Å²) in [5, 5.41) is 0. The molecule has 0 aliphatic heterocycles. The first kappa shape index (κ1) is 18.4. The minimum Gasteiger partial charge on any atom is -0.494 e. The molecular formula is C18H22FNO3S. The number of halogens is 1. The van der Waals surface area contributed by atoms with Crippen molar-refractivity contribution >= 4 is 10.0 Å². The van der Waals surface area contributed by atoms with Gasteiger partial charge in [0.15, 0.2) is 0 Å². The predicted octanol–water partition coefficient (Wildman–Crippen LogP) is 3.28. The van der Waals surface area contributed by atoms with Gasteiger partial charge in [-0.3, -0.25) is 0 Å². The van der Waals surface area contributed by atoms with Crippen molar-refractivity contribution < 1.29 is 17.5 Å². The van der Waals surface area contributed by atoms with Crippen molar-refractivity contribution in [1.82, 2.24) is 4.72 Å². The number of aryl methyl sites for hydroxylation is 1. The minimum atomic E-state index is -3.43. The van der Waals surface area contributed by atoms with Crippen molar-refractivity contribution in [2.45, 2.75) is 25.5 Å². The molecule has 130 valence electrons. The Balaban J connectivity index is 1.82. The molecule has 2 rings (SSSR count). The first-order valence-electron chi connectivity index (χ1n) is 7.92. The van der Waals surface area contributed by atoms with Gasteiger partial charge in [0.05, 0.1) is 12.4 Å². The lowest BCUT2D eigenvalue weighted by atomic mass is 10.1. The second kappa shape index (κ2) is 8.80. The Morgan fingerprint density at radius 3 is 2.50 bits per heavy atom. The standard InChI is InChI=1S/C18H22FNO3S/c1-2-23-18-8-4-3-6-16(18)7-5-13-20-24(21,22)14-15-9-11-17(19)12-10-15/h3-4,6,8-12,20H,2,5,7,13-14H2,1H3. The summed E-state index contributed by atoms with van der Waals surface area (Å²) in [5.74, 6) is 0.314. The first-order chi connectivity index (χ1) is 11.5. The maximum Gasteiger partial charge on any atom is 0.215 e. The second-order valence-electron chi connectivity index (χ2n) is 5.42. The highest BCUT2D eigenvalue weighted by Crippen LogP contribution is 2.19. The van der Waals surface area contributed by atoms with Crippen LogP contribution in [0.3, 0.4) is 0 Å². The molecular weight excluding hydrogens is 329 g/mol. The van der Waals surface area contributed by atoms with Gasteiger partial charge in [0.2, 0.25) is 10.0 Å². The third-order valence-corrected chi connectivity index (χ3v) is 4.84. The SMILES string of the molecule is CCOc1ccccc1CCCNS(=O)(=O)Cc1ccc(F)cc1. The van der Waals surface area contributed by atoms with E-state index in [2.05, 4.69) is 4.72 Å². The Hall–Kier alpha value is -1.92. The fraction of sp³-hybridized carbons (Fsp3) is 0.333. The number of nitrogens with one attached hydrogen (secondary N) is 1. The summed E-state index contributed by atoms with van der Waals surface area (Å²) in [5.41, 5.74) is 1.63. The fourth-order valence-electron chi connectivity index (χ4n) is 2.36. The Bertz CT molecular complexity index is 745. The lowest BCUT2D eigenvalue weighted by molar-refractivity contribution is 0.336. The van der Waals surface area contributed by atoms with E-state index < -0.39 is 10.0 Å². The van der Waals surface area contributed by atoms with Crippen molar-refractivity contribution in [3.8, 4) is 5.75 Å². The summed E-state index contributed by atoms with van der Waals surface area (Å²) < 4.78 is 45.0. The fourth-order valence-corrected chi connectivity index (χ4v) is 3.55. The van der Waals surface area contributed by atoms with Crippen molar-refractivity contribution in [2.24, 2.45) is 0 Å². The van der Waals surface area contributed by atoms with Crippen LogP contribution in [0.15, 0.2) is 48.5 Å². The van der Waals surface area contributed by atoms with Gasteiger partial charge in [-0.1, -0.05) is 30.3 Å². The Morgan fingerprint density at radius 2 is 1.79 bits per heavy atom. The van der Waals surface area contributed by atoms with Crippen molar-refractivity contribution in [3.05, 3.63) is 65.5 Å². The molecule has 0 radical (unpaired) electrons. The summed E-state index contributed by atoms with van der Waals surface area (Å²) in [4.78, 5) is 0. The van der Waals surface area contributed by atoms with Crippen LogP contribution in [0.1, 0.15) is 24.5 Å². The molecule has 6 heteroatoms. The Labute approximate surface area is 142 Å². The van der Waals surface area contributed by atoms with Gasteiger partial charge in [0.25, 0.3) is 0 Å². The quantitative estimate of drug-likeness (QED) is 0.706. The van der Waals surface area contributed by atoms with E-state index >= 15 is 0 Å². The van der Waals surface area contributed by atoms with E-state index in [4.69, 9.17) is 4.74 Å². The molecule has 0 aliphatic rings. The molecule has 0 heterocycles. The highest BCUT2D eigenvalue weighted by Gasteiger charge is 2.11. The van der Waals surface area contributed by atoms with E-state index in [1.807, 2.05) is 31.2 Å². The molecule has 0 bridgehead atoms. The van der Waals surface area contributed by atoms with Crippen LogP contribution in [0.4, 0.5) is 4.39 Å². The van der Waals surface area contributed by atoms with Crippen molar-refractivity contribution in [2.75, 3.05) is 13.2 Å². The van der Waals surface area contributed by atoms with Gasteiger partial charge in [-0.25, -0.2) is 17.5 Å². The molecule has 0 amide bonds. The smallest absolute Gasteiger partial charge is 0.215 e. The lowest BCUT2D eigenvalue weighted by Crippen LogP contribution is -2.26. The average molecular weight is 351 g/mol. The minimum absolute atomic E-state index is 0.150. The molecule has 2 aromatic carbocycles. The molecule has 24 heavy (non-hydrogen) atoms. The van der Waals surface area contributed by atoms with Gasteiger partial charge < -0.3 is 4.74 Å². The highest BCUT2D eigenvalue weighted by atomic mass is 32.2. The average Bonchev–Trinajstić information content (AvgIpc) is 2.55. The van der Waals surface area contributed by atoms with E-state index in [0.717, 1.165) is 17.7 Å². The molecule has 0 aliphatic carbocycles. The summed E-state index contributed by atoms with van der Waals surface area (Å²) in [6.07, 6.45) is 1.40. The third kappa shape index (κ3) is 5.94. The molecule has 0 spiro atoms. The molecule has 0 saturated carbocycles. The van der Waals surface area contributed by atoms with Gasteiger partial charge in [-0.2, -0.15) is 0 Å². The van der Waals surface area contributed by atoms with Gasteiger partial charge in [-0.05, 0) is 49.1 Å². The maximum atomic E-state index is 12.8. The Kier molecular flexibility index (Phi) is 6.75. The van der Waals surface area contributed by atoms with Crippen LogP contribution in [-0.4, -0.2) is 21.6 Å². The normalized spacial score (nSPS) is 11.4. The van der Waals surface area contributed by atoms with E-state index in [0.29, 0.717) is 25.1 Å². The first-order valence-corrected chi connectivity index (χ1v) is 9.58. The predicted molar refractivity (Wildman–Crippen MR) is 93.0 cm³/mol. The third-order valence-electron chi connectivity index (χ3n) is 3.49. The van der Waals surface area contributed by atoms with Crippen LogP contribution in [0.25, 0.3) is 0 Å². The molecule has 4 nitrogen and oxygen atoms in total. The topological polar surface area (TPSA) is 55.4 Å². The zero-order chi connectivity index (χ0) is 17.4. The van der Waals surface area contributed by atoms with Gasteiger partial charge in [0.1, 0.15) is 11.6 Å². The number of ether oxygens (including phenoxy) is 1. The molecule has 1 N–H and O–H groups in total. The van der Waals surface area contributed by atoms with E-state index in [-0.39, 0.29) is 11.6 Å². The van der Waals surface area contributed by atoms with Gasteiger partial charge >= 0.3 is 0 Å². The molecule has 0 aromatic heterocycles. The van der Waals surface area contributed by atoms with Crippen molar-refractivity contribution in [1.29, 1.82) is 0 Å². The van der Waals surface area contributed by atoms with Gasteiger partial charge in [-0.15, -0.1) is 0 Å². The zero-order valence-corrected chi connectivity index (χ0v) is 14.5. The summed E-state index contributed by atoms with van der Waals surface area (Å²) >= 11 is 0. The van der Waals surface area contributed by atoms with Crippen molar-refractivity contribution in [3.63, 3.8) is 0 Å². The molecule has 0 fully saturated rings. The largest absolute Gasteiger partial charge is 0.494 e. The van der Waals surface area contributed by atoms with E-state index in [1.54, 1.807) is 0 Å². The second-order valence-corrected chi connectivity index (χ2v) is 7.23. The number of benzene rings is 2. The van der Waals surface area contributed by atoms with Gasteiger partial charge in [0, 0.05) is 6.54 Å². The van der Waals surface area contributed by atoms with Crippen LogP contribution in [0.5, 0.6) is 5.75 Å². The van der Waals surface area contributed by atoms with Crippen LogP contribution in [0.2, 0.25) is 0 Å². The van der Waals surface area contributed by atoms with E-state index in [9.17, 15) is 12.8 Å². The maximum absolute atomic E-state index is 12.8. The molecule has 0 unspecified atom stereocenters. The number of hydrogen-bond donors (Lipinski definition) is 1. The number of rotatable bonds is 9. The lowest BCUT2D eigenvalue weighted by Gasteiger charge is -2.10. The highest BCUT2D eigenvalue weighted by molar-refractivity contribution is 7.88. The molecule has 0 atom stereocenters. The van der Waals surface area contributed by atoms with Crippen LogP contribution in [-0.2, 0) is 22.2 Å². The summed E-state index contributed by atoms with van der Waals surface area (Å²) in [6, 6.07) is 13.2. The molecule has 0 saturated heterocycles. The number of para-hydroxylation sites is 1. The Morgan fingerprint density at radius 1 is 1.08 bits per heavy atom. The molecule has 2 aromatic rings. The number of hydrogen-bond acceptors (Lipinski definition) is 3. The summed E-state index contributed by atoms with van der Waals surface area (Å²) in [6.45, 7) is 2.88. The monoisotopic (exact) mass is 351 g/mol. The van der Waals surface area contributed by atoms with Crippen LogP contribution >= 0.6 is 0 Å². The zero-order valence-electron chi connectivity index (χ0n) is 13.7.